The lowest BCUT2D eigenvalue weighted by molar-refractivity contribution is -0.117. The molecule has 6 nitrogen and oxygen atoms in total. The molecule has 2 aromatic rings. The standard InChI is InChI=1S/C22H27ClN4O2S/c1-14-5-6-17-18(11-14)30-22(20(17)21(24)29)25-19(28)13-26-7-9-27(10-8-26)16-4-2-3-15(23)12-16/h2-4,12,14H,5-11,13H2,1H3,(H2,24,29)(H,25,28)/t14-/m0/s1. The lowest BCUT2D eigenvalue weighted by Crippen LogP contribution is -2.48. The Kier molecular flexibility index (Phi) is 6.32. The molecule has 2 aliphatic rings. The maximum Gasteiger partial charge on any atom is 0.251 e. The molecule has 160 valence electrons. The highest BCUT2D eigenvalue weighted by molar-refractivity contribution is 7.17. The normalized spacial score (nSPS) is 19.4. The van der Waals surface area contributed by atoms with Crippen molar-refractivity contribution in [2.45, 2.75) is 26.2 Å². The van der Waals surface area contributed by atoms with E-state index in [4.69, 9.17) is 17.3 Å². The minimum Gasteiger partial charge on any atom is -0.369 e. The number of halogens is 1. The molecular weight excluding hydrogens is 420 g/mol. The SMILES string of the molecule is C[C@H]1CCc2c(sc(NC(=O)CN3CCN(c4cccc(Cl)c4)CC3)c2C(N)=O)C1. The number of anilines is 2. The quantitative estimate of drug-likeness (QED) is 0.737. The molecule has 2 amide bonds. The van der Waals surface area contributed by atoms with Crippen molar-refractivity contribution in [3.8, 4) is 0 Å². The second-order valence-electron chi connectivity index (χ2n) is 8.21. The van der Waals surface area contributed by atoms with Crippen LogP contribution in [-0.4, -0.2) is 49.4 Å². The van der Waals surface area contributed by atoms with Gasteiger partial charge in [0.15, 0.2) is 0 Å². The smallest absolute Gasteiger partial charge is 0.251 e. The number of nitrogens with one attached hydrogen (secondary N) is 1. The van der Waals surface area contributed by atoms with Crippen LogP contribution >= 0.6 is 22.9 Å². The maximum atomic E-state index is 12.7. The minimum atomic E-state index is -0.451. The van der Waals surface area contributed by atoms with E-state index in [1.807, 2.05) is 18.2 Å². The van der Waals surface area contributed by atoms with E-state index in [-0.39, 0.29) is 5.91 Å². The van der Waals surface area contributed by atoms with Crippen molar-refractivity contribution in [2.75, 3.05) is 42.9 Å². The number of nitrogens with zero attached hydrogens (tertiary/aromatic N) is 2. The summed E-state index contributed by atoms with van der Waals surface area (Å²) in [4.78, 5) is 30.4. The van der Waals surface area contributed by atoms with Crippen molar-refractivity contribution in [2.24, 2.45) is 11.7 Å². The van der Waals surface area contributed by atoms with Crippen LogP contribution in [0.15, 0.2) is 24.3 Å². The van der Waals surface area contributed by atoms with Crippen LogP contribution in [0.1, 0.15) is 34.1 Å². The number of carbonyl (C=O) groups excluding carboxylic acids is 2. The first-order chi connectivity index (χ1) is 14.4. The van der Waals surface area contributed by atoms with Gasteiger partial charge in [0, 0.05) is 41.8 Å². The van der Waals surface area contributed by atoms with Gasteiger partial charge >= 0.3 is 0 Å². The summed E-state index contributed by atoms with van der Waals surface area (Å²) in [5, 5.41) is 4.31. The fourth-order valence-electron chi connectivity index (χ4n) is 4.31. The fourth-order valence-corrected chi connectivity index (χ4v) is 5.92. The highest BCUT2D eigenvalue weighted by Crippen LogP contribution is 2.39. The van der Waals surface area contributed by atoms with E-state index in [1.165, 1.54) is 16.2 Å². The zero-order valence-electron chi connectivity index (χ0n) is 17.1. The molecule has 0 radical (unpaired) electrons. The Morgan fingerprint density at radius 2 is 2.03 bits per heavy atom. The van der Waals surface area contributed by atoms with Gasteiger partial charge in [0.2, 0.25) is 5.91 Å². The van der Waals surface area contributed by atoms with Gasteiger partial charge in [-0.05, 0) is 48.9 Å². The summed E-state index contributed by atoms with van der Waals surface area (Å²) < 4.78 is 0. The first kappa shape index (κ1) is 21.2. The van der Waals surface area contributed by atoms with Crippen molar-refractivity contribution >= 4 is 45.4 Å². The van der Waals surface area contributed by atoms with E-state index < -0.39 is 5.91 Å². The zero-order valence-corrected chi connectivity index (χ0v) is 18.7. The number of fused-ring (bicyclic) bond motifs is 1. The number of amides is 2. The van der Waals surface area contributed by atoms with E-state index in [9.17, 15) is 9.59 Å². The summed E-state index contributed by atoms with van der Waals surface area (Å²) in [5.74, 6) is 0.0454. The van der Waals surface area contributed by atoms with E-state index >= 15 is 0 Å². The van der Waals surface area contributed by atoms with Gasteiger partial charge in [-0.2, -0.15) is 0 Å². The summed E-state index contributed by atoms with van der Waals surface area (Å²) in [7, 11) is 0. The second-order valence-corrected chi connectivity index (χ2v) is 9.75. The molecule has 0 saturated carbocycles. The molecule has 30 heavy (non-hydrogen) atoms. The van der Waals surface area contributed by atoms with Crippen LogP contribution in [0, 0.1) is 5.92 Å². The Hall–Kier alpha value is -2.09. The first-order valence-corrected chi connectivity index (χ1v) is 11.6. The first-order valence-electron chi connectivity index (χ1n) is 10.4. The molecule has 8 heteroatoms. The number of hydrogen-bond acceptors (Lipinski definition) is 5. The Balaban J connectivity index is 1.36. The van der Waals surface area contributed by atoms with Gasteiger partial charge in [-0.3, -0.25) is 14.5 Å². The van der Waals surface area contributed by atoms with Crippen LogP contribution in [0.4, 0.5) is 10.7 Å². The van der Waals surface area contributed by atoms with Crippen molar-refractivity contribution in [1.29, 1.82) is 0 Å². The van der Waals surface area contributed by atoms with Crippen molar-refractivity contribution in [1.82, 2.24) is 4.90 Å². The maximum absolute atomic E-state index is 12.7. The number of hydrogen-bond donors (Lipinski definition) is 2. The number of nitrogens with two attached hydrogens (primary N) is 1. The third-order valence-corrected chi connectivity index (χ3v) is 7.33. The predicted octanol–water partition coefficient (Wildman–Crippen LogP) is 3.39. The molecule has 1 fully saturated rings. The zero-order chi connectivity index (χ0) is 21.3. The molecule has 1 saturated heterocycles. The number of rotatable bonds is 5. The van der Waals surface area contributed by atoms with Crippen molar-refractivity contribution in [3.63, 3.8) is 0 Å². The van der Waals surface area contributed by atoms with Gasteiger partial charge in [-0.15, -0.1) is 11.3 Å². The van der Waals surface area contributed by atoms with E-state index in [1.54, 1.807) is 0 Å². The van der Waals surface area contributed by atoms with Gasteiger partial charge in [0.25, 0.3) is 5.91 Å². The molecule has 1 aliphatic carbocycles. The fraction of sp³-hybridized carbons (Fsp3) is 0.455. The number of thiophene rings is 1. The van der Waals surface area contributed by atoms with Crippen molar-refractivity contribution in [3.05, 3.63) is 45.3 Å². The Labute approximate surface area is 186 Å². The van der Waals surface area contributed by atoms with E-state index in [0.717, 1.165) is 61.7 Å². The lowest BCUT2D eigenvalue weighted by Gasteiger charge is -2.35. The molecule has 1 aromatic carbocycles. The highest BCUT2D eigenvalue weighted by atomic mass is 35.5. The molecule has 0 spiro atoms. The van der Waals surface area contributed by atoms with Gasteiger partial charge in [-0.1, -0.05) is 24.6 Å². The van der Waals surface area contributed by atoms with Gasteiger partial charge in [0.1, 0.15) is 5.00 Å². The van der Waals surface area contributed by atoms with Crippen LogP contribution in [0.25, 0.3) is 0 Å². The van der Waals surface area contributed by atoms with Crippen LogP contribution in [0.3, 0.4) is 0 Å². The molecule has 1 atom stereocenters. The van der Waals surface area contributed by atoms with Crippen LogP contribution in [-0.2, 0) is 17.6 Å². The van der Waals surface area contributed by atoms with Crippen LogP contribution < -0.4 is 16.0 Å². The van der Waals surface area contributed by atoms with Crippen LogP contribution in [0.2, 0.25) is 5.02 Å². The number of primary amides is 1. The topological polar surface area (TPSA) is 78.7 Å². The monoisotopic (exact) mass is 446 g/mol. The third kappa shape index (κ3) is 4.63. The molecule has 2 heterocycles. The summed E-state index contributed by atoms with van der Waals surface area (Å²) in [6, 6.07) is 7.85. The molecule has 1 aromatic heterocycles. The number of piperazine rings is 1. The molecular formula is C22H27ClN4O2S. The lowest BCUT2D eigenvalue weighted by atomic mass is 9.88. The third-order valence-electron chi connectivity index (χ3n) is 5.92. The molecule has 4 rings (SSSR count). The predicted molar refractivity (Wildman–Crippen MR) is 123 cm³/mol. The summed E-state index contributed by atoms with van der Waals surface area (Å²) in [6.07, 6.45) is 2.85. The minimum absolute atomic E-state index is 0.0969. The summed E-state index contributed by atoms with van der Waals surface area (Å²) >= 11 is 7.61. The highest BCUT2D eigenvalue weighted by Gasteiger charge is 2.28. The van der Waals surface area contributed by atoms with Gasteiger partial charge in [-0.25, -0.2) is 0 Å². The summed E-state index contributed by atoms with van der Waals surface area (Å²) in [6.45, 7) is 5.78. The number of carbonyl (C=O) groups is 2. The Morgan fingerprint density at radius 3 is 2.73 bits per heavy atom. The molecule has 0 bridgehead atoms. The average Bonchev–Trinajstić information content (AvgIpc) is 3.05. The number of benzene rings is 1. The van der Waals surface area contributed by atoms with E-state index in [2.05, 4.69) is 28.1 Å². The molecule has 3 N–H and O–H groups in total. The molecule has 1 aliphatic heterocycles. The Bertz CT molecular complexity index is 953. The van der Waals surface area contributed by atoms with Gasteiger partial charge in [0.05, 0.1) is 12.1 Å². The van der Waals surface area contributed by atoms with E-state index in [0.29, 0.717) is 23.0 Å². The molecule has 0 unspecified atom stereocenters. The second kappa shape index (κ2) is 8.96. The van der Waals surface area contributed by atoms with Crippen molar-refractivity contribution < 1.29 is 9.59 Å². The van der Waals surface area contributed by atoms with Gasteiger partial charge < -0.3 is 16.0 Å². The largest absolute Gasteiger partial charge is 0.369 e. The average molecular weight is 447 g/mol. The Morgan fingerprint density at radius 1 is 1.27 bits per heavy atom. The van der Waals surface area contributed by atoms with Crippen LogP contribution in [0.5, 0.6) is 0 Å². The summed E-state index contributed by atoms with van der Waals surface area (Å²) in [5.41, 5.74) is 8.31.